The zero-order valence-corrected chi connectivity index (χ0v) is 18.5. The number of imidazole rings is 1. The molecular weight excluding hydrogens is 340 g/mol. The Labute approximate surface area is 174 Å². The van der Waals surface area contributed by atoms with Crippen molar-refractivity contribution in [2.75, 3.05) is 0 Å². The largest absolute Gasteiger partial charge is 0.288 e. The van der Waals surface area contributed by atoms with Gasteiger partial charge in [-0.25, -0.2) is 9.13 Å². The van der Waals surface area contributed by atoms with Crippen LogP contribution in [0.4, 0.5) is 0 Å². The lowest BCUT2D eigenvalue weighted by molar-refractivity contribution is -0.685. The van der Waals surface area contributed by atoms with Crippen LogP contribution in [0.25, 0.3) is 11.4 Å². The van der Waals surface area contributed by atoms with Crippen LogP contribution in [0.15, 0.2) is 42.7 Å². The Bertz CT molecular complexity index is 615. The predicted molar refractivity (Wildman–Crippen MR) is 121 cm³/mol. The second kappa shape index (κ2) is 14.4. The fourth-order valence-electron chi connectivity index (χ4n) is 4.11. The third-order valence-electron chi connectivity index (χ3n) is 5.72. The first-order chi connectivity index (χ1) is 13.9. The van der Waals surface area contributed by atoms with Crippen molar-refractivity contribution in [2.45, 2.75) is 110 Å². The Morgan fingerprint density at radius 3 is 1.82 bits per heavy atom. The molecule has 0 radical (unpaired) electrons. The molecule has 0 aliphatic rings. The van der Waals surface area contributed by atoms with E-state index in [1.165, 1.54) is 94.9 Å². The predicted octanol–water partition coefficient (Wildman–Crippen LogP) is 7.55. The lowest BCUT2D eigenvalue weighted by Gasteiger charge is -2.06. The van der Waals surface area contributed by atoms with Gasteiger partial charge in [0.15, 0.2) is 0 Å². The van der Waals surface area contributed by atoms with E-state index in [2.05, 4.69) is 65.7 Å². The molecule has 0 fully saturated rings. The normalized spacial score (nSPS) is 11.2. The summed E-state index contributed by atoms with van der Waals surface area (Å²) in [6.45, 7) is 6.78. The summed E-state index contributed by atoms with van der Waals surface area (Å²) in [6, 6.07) is 10.9. The van der Waals surface area contributed by atoms with Crippen molar-refractivity contribution in [1.29, 1.82) is 0 Å². The molecule has 0 spiro atoms. The molecule has 0 N–H and O–H groups in total. The molecule has 2 heteroatoms. The Hall–Kier alpha value is -1.57. The average Bonchev–Trinajstić information content (AvgIpc) is 3.12. The summed E-state index contributed by atoms with van der Waals surface area (Å²) >= 11 is 0. The second-order valence-electron chi connectivity index (χ2n) is 8.26. The summed E-state index contributed by atoms with van der Waals surface area (Å²) in [7, 11) is 0. The van der Waals surface area contributed by atoms with Gasteiger partial charge in [-0.1, -0.05) is 96.3 Å². The smallest absolute Gasteiger partial charge is 0.230 e. The number of aryl methyl sites for hydroxylation is 2. The summed E-state index contributed by atoms with van der Waals surface area (Å²) < 4.78 is 4.87. The van der Waals surface area contributed by atoms with Gasteiger partial charge in [-0.05, 0) is 31.4 Å². The van der Waals surface area contributed by atoms with Gasteiger partial charge < -0.3 is 0 Å². The molecule has 2 aromatic rings. The Kier molecular flexibility index (Phi) is 11.7. The first kappa shape index (κ1) is 22.7. The van der Waals surface area contributed by atoms with Crippen LogP contribution >= 0.6 is 0 Å². The first-order valence-electron chi connectivity index (χ1n) is 12.0. The van der Waals surface area contributed by atoms with Crippen LogP contribution < -0.4 is 4.57 Å². The van der Waals surface area contributed by atoms with Crippen LogP contribution in [0.1, 0.15) is 97.3 Å². The van der Waals surface area contributed by atoms with Gasteiger partial charge in [0, 0.05) is 0 Å². The van der Waals surface area contributed by atoms with E-state index in [0.29, 0.717) is 0 Å². The van der Waals surface area contributed by atoms with Crippen molar-refractivity contribution in [1.82, 2.24) is 4.57 Å². The van der Waals surface area contributed by atoms with Gasteiger partial charge in [-0.3, -0.25) is 0 Å². The molecule has 2 nitrogen and oxygen atoms in total. The highest BCUT2D eigenvalue weighted by Gasteiger charge is 2.18. The molecule has 0 aliphatic carbocycles. The van der Waals surface area contributed by atoms with Crippen molar-refractivity contribution < 1.29 is 4.57 Å². The van der Waals surface area contributed by atoms with E-state index in [4.69, 9.17) is 0 Å². The molecule has 1 aromatic heterocycles. The Morgan fingerprint density at radius 2 is 1.25 bits per heavy atom. The lowest BCUT2D eigenvalue weighted by atomic mass is 10.1. The Morgan fingerprint density at radius 1 is 0.679 bits per heavy atom. The molecule has 0 bridgehead atoms. The second-order valence-corrected chi connectivity index (χ2v) is 8.26. The summed E-state index contributed by atoms with van der Waals surface area (Å²) in [5.41, 5.74) is 1.33. The molecule has 1 aromatic carbocycles. The highest BCUT2D eigenvalue weighted by Crippen LogP contribution is 2.17. The van der Waals surface area contributed by atoms with E-state index in [1.807, 2.05) is 0 Å². The average molecular weight is 384 g/mol. The summed E-state index contributed by atoms with van der Waals surface area (Å²) in [5, 5.41) is 0. The van der Waals surface area contributed by atoms with Gasteiger partial charge in [-0.2, -0.15) is 0 Å². The van der Waals surface area contributed by atoms with Crippen LogP contribution in [0.2, 0.25) is 0 Å². The van der Waals surface area contributed by atoms with E-state index in [9.17, 15) is 0 Å². The Balaban J connectivity index is 1.64. The molecular formula is C26H43N2+. The van der Waals surface area contributed by atoms with Crippen LogP contribution in [0.5, 0.6) is 0 Å². The molecule has 1 heterocycles. The van der Waals surface area contributed by atoms with Gasteiger partial charge in [0.1, 0.15) is 12.4 Å². The number of rotatable bonds is 16. The van der Waals surface area contributed by atoms with Crippen molar-refractivity contribution in [3.63, 3.8) is 0 Å². The standard InChI is InChI=1S/C26H43N2/c1-3-5-6-7-8-9-10-11-12-13-14-18-22-28-24-23-27(21-4-2)26(28)25-19-16-15-17-20-25/h15-17,19-20,23-24H,3-14,18,21-22H2,1-2H3/q+1. The molecule has 0 unspecified atom stereocenters. The van der Waals surface area contributed by atoms with Crippen molar-refractivity contribution in [3.8, 4) is 11.4 Å². The molecule has 0 aliphatic heterocycles. The first-order valence-corrected chi connectivity index (χ1v) is 12.0. The van der Waals surface area contributed by atoms with Gasteiger partial charge in [0.2, 0.25) is 0 Å². The summed E-state index contributed by atoms with van der Waals surface area (Å²) in [5.74, 6) is 1.37. The fraction of sp³-hybridized carbons (Fsp3) is 0.654. The van der Waals surface area contributed by atoms with Crippen molar-refractivity contribution in [3.05, 3.63) is 42.7 Å². The van der Waals surface area contributed by atoms with Crippen LogP contribution in [-0.2, 0) is 13.1 Å². The highest BCUT2D eigenvalue weighted by molar-refractivity contribution is 5.52. The molecule has 0 atom stereocenters. The van der Waals surface area contributed by atoms with E-state index >= 15 is 0 Å². The minimum atomic E-state index is 1.09. The van der Waals surface area contributed by atoms with Gasteiger partial charge >= 0.3 is 0 Å². The van der Waals surface area contributed by atoms with E-state index in [-0.39, 0.29) is 0 Å². The maximum Gasteiger partial charge on any atom is 0.288 e. The highest BCUT2D eigenvalue weighted by atomic mass is 15.1. The third kappa shape index (κ3) is 8.20. The van der Waals surface area contributed by atoms with E-state index < -0.39 is 0 Å². The molecule has 2 rings (SSSR count). The van der Waals surface area contributed by atoms with Gasteiger partial charge in [0.25, 0.3) is 5.82 Å². The lowest BCUT2D eigenvalue weighted by Crippen LogP contribution is -2.34. The van der Waals surface area contributed by atoms with Crippen LogP contribution in [0.3, 0.4) is 0 Å². The zero-order chi connectivity index (χ0) is 19.9. The molecule has 0 saturated heterocycles. The minimum Gasteiger partial charge on any atom is -0.230 e. The monoisotopic (exact) mass is 383 g/mol. The maximum atomic E-state index is 2.46. The van der Waals surface area contributed by atoms with Crippen molar-refractivity contribution >= 4 is 0 Å². The third-order valence-corrected chi connectivity index (χ3v) is 5.72. The fourth-order valence-corrected chi connectivity index (χ4v) is 4.11. The number of aromatic nitrogens is 2. The van der Waals surface area contributed by atoms with Gasteiger partial charge in [-0.15, -0.1) is 0 Å². The van der Waals surface area contributed by atoms with Crippen LogP contribution in [-0.4, -0.2) is 4.57 Å². The number of hydrogen-bond acceptors (Lipinski definition) is 0. The van der Waals surface area contributed by atoms with Gasteiger partial charge in [0.05, 0.1) is 18.7 Å². The minimum absolute atomic E-state index is 1.09. The van der Waals surface area contributed by atoms with E-state index in [1.54, 1.807) is 0 Å². The quantitative estimate of drug-likeness (QED) is 0.209. The van der Waals surface area contributed by atoms with Crippen molar-refractivity contribution in [2.24, 2.45) is 0 Å². The maximum absolute atomic E-state index is 2.46. The number of benzene rings is 1. The molecule has 156 valence electrons. The van der Waals surface area contributed by atoms with E-state index in [0.717, 1.165) is 13.1 Å². The molecule has 0 saturated carbocycles. The van der Waals surface area contributed by atoms with Crippen LogP contribution in [0, 0.1) is 0 Å². The zero-order valence-electron chi connectivity index (χ0n) is 18.5. The number of nitrogens with zero attached hydrogens (tertiary/aromatic N) is 2. The summed E-state index contributed by atoms with van der Waals surface area (Å²) in [6.07, 6.45) is 22.6. The number of unbranched alkanes of at least 4 members (excludes halogenated alkanes) is 11. The molecule has 28 heavy (non-hydrogen) atoms. The molecule has 0 amide bonds. The number of hydrogen-bond donors (Lipinski definition) is 0. The topological polar surface area (TPSA) is 8.81 Å². The SMILES string of the molecule is CCCCCCCCCCCCCCn1cc[n+](CCC)c1-c1ccccc1. The summed E-state index contributed by atoms with van der Waals surface area (Å²) in [4.78, 5) is 0.